The molecule has 4 heteroatoms. The Bertz CT molecular complexity index is 107. The summed E-state index contributed by atoms with van der Waals surface area (Å²) < 4.78 is 0. The molecule has 0 aliphatic carbocycles. The number of thiocarbonyl (C=S) groups is 2. The summed E-state index contributed by atoms with van der Waals surface area (Å²) in [5, 5.41) is 0.317. The first-order valence-corrected chi connectivity index (χ1v) is 2.91. The Morgan fingerprint density at radius 1 is 1.50 bits per heavy atom. The minimum absolute atomic E-state index is 0.317. The molecule has 0 aliphatic rings. The molecule has 0 bridgehead atoms. The maximum Gasteiger partial charge on any atom is 0.170 e. The fourth-order valence-corrected chi connectivity index (χ4v) is 0.448. The second-order valence-corrected chi connectivity index (χ2v) is 2.43. The first kappa shape index (κ1) is 7.78. The molecule has 2 N–H and O–H groups in total. The average Bonchev–Trinajstić information content (AvgIpc) is 1.64. The van der Waals surface area contributed by atoms with Gasteiger partial charge in [-0.1, -0.05) is 12.2 Å². The van der Waals surface area contributed by atoms with E-state index in [0.717, 1.165) is 0 Å². The average molecular weight is 148 g/mol. The number of hydrogen-bond acceptors (Lipinski definition) is 2. The number of nitrogens with two attached hydrogens (primary N) is 1. The summed E-state index contributed by atoms with van der Waals surface area (Å²) in [5.74, 6) is 0. The van der Waals surface area contributed by atoms with Gasteiger partial charge in [0.1, 0.15) is 0 Å². The van der Waals surface area contributed by atoms with E-state index >= 15 is 0 Å². The van der Waals surface area contributed by atoms with Crippen molar-refractivity contribution >= 4 is 34.5 Å². The molecule has 0 aromatic heterocycles. The summed E-state index contributed by atoms with van der Waals surface area (Å²) in [6.45, 7) is 1.77. The number of rotatable bonds is 0. The van der Waals surface area contributed by atoms with Crippen LogP contribution in [0.2, 0.25) is 0 Å². The van der Waals surface area contributed by atoms with Gasteiger partial charge in [-0.15, -0.1) is 0 Å². The van der Waals surface area contributed by atoms with Gasteiger partial charge in [-0.25, -0.2) is 0 Å². The van der Waals surface area contributed by atoms with Crippen molar-refractivity contribution < 1.29 is 0 Å². The number of nitrogens with zero attached hydrogens (tertiary/aromatic N) is 1. The van der Waals surface area contributed by atoms with Crippen molar-refractivity contribution in [3.8, 4) is 0 Å². The monoisotopic (exact) mass is 148 g/mol. The van der Waals surface area contributed by atoms with Crippen molar-refractivity contribution in [3.05, 3.63) is 0 Å². The summed E-state index contributed by atoms with van der Waals surface area (Å²) in [4.78, 5) is 2.27. The molecule has 0 aromatic rings. The molecular weight excluding hydrogens is 140 g/mol. The summed E-state index contributed by atoms with van der Waals surface area (Å²) in [5.41, 5.74) is 5.21. The van der Waals surface area contributed by atoms with Crippen LogP contribution in [-0.2, 0) is 0 Å². The molecule has 0 radical (unpaired) electrons. The molecule has 0 amide bonds. The molecule has 0 atom stereocenters. The van der Waals surface area contributed by atoms with Crippen molar-refractivity contribution in [1.29, 1.82) is 0 Å². The predicted molar refractivity (Wildman–Crippen MR) is 42.8 cm³/mol. The Morgan fingerprint density at radius 2 is 1.88 bits per heavy atom. The second kappa shape index (κ2) is 2.94. The molecular formula is C4H8N2S2. The Labute approximate surface area is 59.7 Å². The zero-order valence-electron chi connectivity index (χ0n) is 4.84. The van der Waals surface area contributed by atoms with E-state index in [0.29, 0.717) is 10.1 Å². The first-order valence-electron chi connectivity index (χ1n) is 2.09. The van der Waals surface area contributed by atoms with Crippen molar-refractivity contribution in [2.45, 2.75) is 6.92 Å². The van der Waals surface area contributed by atoms with Crippen LogP contribution in [0.25, 0.3) is 0 Å². The van der Waals surface area contributed by atoms with Gasteiger partial charge >= 0.3 is 0 Å². The lowest BCUT2D eigenvalue weighted by Crippen LogP contribution is -2.34. The largest absolute Gasteiger partial charge is 0.376 e. The molecule has 0 rings (SSSR count). The third-order valence-corrected chi connectivity index (χ3v) is 1.35. The summed E-state index contributed by atoms with van der Waals surface area (Å²) in [7, 11) is 1.74. The molecule has 2 nitrogen and oxygen atoms in total. The van der Waals surface area contributed by atoms with Crippen LogP contribution in [0.15, 0.2) is 0 Å². The highest BCUT2D eigenvalue weighted by molar-refractivity contribution is 7.81. The molecule has 0 aromatic carbocycles. The van der Waals surface area contributed by atoms with Gasteiger partial charge < -0.3 is 10.6 Å². The SMILES string of the molecule is CC(=S)N(C)C(N)=S. The van der Waals surface area contributed by atoms with E-state index in [9.17, 15) is 0 Å². The predicted octanol–water partition coefficient (Wildman–Crippen LogP) is 0.509. The first-order chi connectivity index (χ1) is 3.55. The Morgan fingerprint density at radius 3 is 1.88 bits per heavy atom. The third kappa shape index (κ3) is 2.18. The Hall–Kier alpha value is -0.220. The highest BCUT2D eigenvalue weighted by atomic mass is 32.1. The van der Waals surface area contributed by atoms with Crippen LogP contribution in [0, 0.1) is 0 Å². The zero-order chi connectivity index (χ0) is 6.73. The van der Waals surface area contributed by atoms with Crippen molar-refractivity contribution in [2.24, 2.45) is 5.73 Å². The van der Waals surface area contributed by atoms with Crippen molar-refractivity contribution in [1.82, 2.24) is 4.90 Å². The molecule has 0 fully saturated rings. The topological polar surface area (TPSA) is 29.3 Å². The maximum absolute atomic E-state index is 5.21. The summed E-state index contributed by atoms with van der Waals surface area (Å²) >= 11 is 9.36. The Balaban J connectivity index is 3.83. The van der Waals surface area contributed by atoms with Gasteiger partial charge in [0.25, 0.3) is 0 Å². The smallest absolute Gasteiger partial charge is 0.170 e. The normalized spacial score (nSPS) is 8.25. The van der Waals surface area contributed by atoms with Crippen LogP contribution < -0.4 is 5.73 Å². The van der Waals surface area contributed by atoms with Gasteiger partial charge in [0.05, 0.1) is 4.99 Å². The van der Waals surface area contributed by atoms with Gasteiger partial charge in [-0.2, -0.15) is 0 Å². The molecule has 0 saturated carbocycles. The molecule has 0 spiro atoms. The summed E-state index contributed by atoms with van der Waals surface area (Å²) in [6.07, 6.45) is 0. The lowest BCUT2D eigenvalue weighted by Gasteiger charge is -2.13. The molecule has 0 heterocycles. The van der Waals surface area contributed by atoms with Crippen LogP contribution in [0.3, 0.4) is 0 Å². The minimum Gasteiger partial charge on any atom is -0.376 e. The Kier molecular flexibility index (Phi) is 2.86. The van der Waals surface area contributed by atoms with Gasteiger partial charge in [0.2, 0.25) is 0 Å². The van der Waals surface area contributed by atoms with E-state index in [-0.39, 0.29) is 0 Å². The van der Waals surface area contributed by atoms with E-state index < -0.39 is 0 Å². The summed E-state index contributed by atoms with van der Waals surface area (Å²) in [6, 6.07) is 0. The second-order valence-electron chi connectivity index (χ2n) is 1.42. The van der Waals surface area contributed by atoms with E-state index in [4.69, 9.17) is 18.0 Å². The molecule has 0 saturated heterocycles. The van der Waals surface area contributed by atoms with Crippen molar-refractivity contribution in [3.63, 3.8) is 0 Å². The molecule has 0 unspecified atom stereocenters. The van der Waals surface area contributed by atoms with E-state index in [1.54, 1.807) is 18.9 Å². The van der Waals surface area contributed by atoms with Gasteiger partial charge in [-0.05, 0) is 19.1 Å². The quantitative estimate of drug-likeness (QED) is 0.507. The van der Waals surface area contributed by atoms with Crippen LogP contribution >= 0.6 is 24.4 Å². The highest BCUT2D eigenvalue weighted by Crippen LogP contribution is 1.84. The van der Waals surface area contributed by atoms with E-state index in [1.165, 1.54) is 0 Å². The van der Waals surface area contributed by atoms with Crippen LogP contribution in [-0.4, -0.2) is 22.0 Å². The highest BCUT2D eigenvalue weighted by Gasteiger charge is 1.97. The van der Waals surface area contributed by atoms with Crippen LogP contribution in [0.5, 0.6) is 0 Å². The van der Waals surface area contributed by atoms with Crippen LogP contribution in [0.4, 0.5) is 0 Å². The van der Waals surface area contributed by atoms with Gasteiger partial charge in [0, 0.05) is 7.05 Å². The van der Waals surface area contributed by atoms with E-state index in [1.807, 2.05) is 0 Å². The van der Waals surface area contributed by atoms with Crippen LogP contribution in [0.1, 0.15) is 6.92 Å². The standard InChI is InChI=1S/C4H8N2S2/c1-3(7)6(2)4(5)8/h1-2H3,(H2,5,8). The minimum atomic E-state index is 0.317. The third-order valence-electron chi connectivity index (χ3n) is 0.803. The fourth-order valence-electron chi connectivity index (χ4n) is 0.155. The van der Waals surface area contributed by atoms with Crippen molar-refractivity contribution in [2.75, 3.05) is 7.05 Å². The van der Waals surface area contributed by atoms with E-state index in [2.05, 4.69) is 12.2 Å². The maximum atomic E-state index is 5.21. The lowest BCUT2D eigenvalue weighted by atomic mass is 10.7. The molecule has 8 heavy (non-hydrogen) atoms. The van der Waals surface area contributed by atoms with Gasteiger partial charge in [-0.3, -0.25) is 0 Å². The molecule has 46 valence electrons. The number of hydrogen-bond donors (Lipinski definition) is 1. The van der Waals surface area contributed by atoms with Gasteiger partial charge in [0.15, 0.2) is 5.11 Å². The lowest BCUT2D eigenvalue weighted by molar-refractivity contribution is 0.770. The zero-order valence-corrected chi connectivity index (χ0v) is 6.47. The molecule has 0 aliphatic heterocycles. The fraction of sp³-hybridized carbons (Fsp3) is 0.500.